The highest BCUT2D eigenvalue weighted by atomic mass is 127. The third kappa shape index (κ3) is 6.94. The summed E-state index contributed by atoms with van der Waals surface area (Å²) in [4.78, 5) is 6.47. The van der Waals surface area contributed by atoms with Crippen molar-refractivity contribution in [1.29, 1.82) is 0 Å². The molecular weight excluding hydrogens is 417 g/mol. The summed E-state index contributed by atoms with van der Waals surface area (Å²) < 4.78 is 11.2. The molecule has 0 bridgehead atoms. The second-order valence-corrected chi connectivity index (χ2v) is 5.97. The first-order chi connectivity index (χ1) is 11.2. The second kappa shape index (κ2) is 11.7. The molecule has 0 saturated carbocycles. The van der Waals surface area contributed by atoms with Gasteiger partial charge in [-0.05, 0) is 30.9 Å². The number of nitrogens with zero attached hydrogens (tertiary/aromatic N) is 2. The van der Waals surface area contributed by atoms with Gasteiger partial charge in [-0.2, -0.15) is 0 Å². The van der Waals surface area contributed by atoms with Gasteiger partial charge in [0.15, 0.2) is 5.96 Å². The molecule has 0 aromatic heterocycles. The van der Waals surface area contributed by atoms with Gasteiger partial charge in [-0.1, -0.05) is 24.3 Å². The first-order valence-corrected chi connectivity index (χ1v) is 8.36. The fraction of sp³-hybridized carbons (Fsp3) is 0.611. The predicted octanol–water partition coefficient (Wildman–Crippen LogP) is 2.82. The van der Waals surface area contributed by atoms with E-state index in [0.717, 1.165) is 38.5 Å². The Morgan fingerprint density at radius 1 is 1.42 bits per heavy atom. The Hall–Kier alpha value is -0.860. The Morgan fingerprint density at radius 3 is 2.88 bits per heavy atom. The van der Waals surface area contributed by atoms with Gasteiger partial charge >= 0.3 is 0 Å². The number of ether oxygens (including phenoxy) is 2. The fourth-order valence-corrected chi connectivity index (χ4v) is 2.73. The number of aliphatic imine (C=N–C) groups is 1. The lowest BCUT2D eigenvalue weighted by atomic mass is 10.1. The van der Waals surface area contributed by atoms with Crippen molar-refractivity contribution in [3.05, 3.63) is 35.4 Å². The largest absolute Gasteiger partial charge is 0.377 e. The van der Waals surface area contributed by atoms with Gasteiger partial charge in [0.25, 0.3) is 0 Å². The highest BCUT2D eigenvalue weighted by molar-refractivity contribution is 14.0. The zero-order chi connectivity index (χ0) is 16.5. The second-order valence-electron chi connectivity index (χ2n) is 5.97. The summed E-state index contributed by atoms with van der Waals surface area (Å²) >= 11 is 0. The Balaban J connectivity index is 0.00000288. The molecule has 6 heteroatoms. The minimum atomic E-state index is 0. The van der Waals surface area contributed by atoms with Crippen LogP contribution in [-0.2, 0) is 16.0 Å². The molecule has 1 aromatic rings. The zero-order valence-electron chi connectivity index (χ0n) is 15.0. The van der Waals surface area contributed by atoms with Gasteiger partial charge in [-0.3, -0.25) is 4.99 Å². The molecule has 24 heavy (non-hydrogen) atoms. The molecule has 0 amide bonds. The first kappa shape index (κ1) is 21.2. The molecule has 1 aliphatic rings. The van der Waals surface area contributed by atoms with Crippen LogP contribution in [0, 0.1) is 6.92 Å². The monoisotopic (exact) mass is 447 g/mol. The molecule has 2 rings (SSSR count). The molecule has 1 saturated heterocycles. The maximum Gasteiger partial charge on any atom is 0.193 e. The highest BCUT2D eigenvalue weighted by Crippen LogP contribution is 2.12. The first-order valence-electron chi connectivity index (χ1n) is 8.36. The normalized spacial score (nSPS) is 17.5. The summed E-state index contributed by atoms with van der Waals surface area (Å²) in [5, 5.41) is 3.34. The van der Waals surface area contributed by atoms with E-state index in [9.17, 15) is 0 Å². The number of aryl methyl sites for hydroxylation is 1. The lowest BCUT2D eigenvalue weighted by molar-refractivity contribution is 0.0190. The van der Waals surface area contributed by atoms with Crippen LogP contribution in [0.3, 0.4) is 0 Å². The van der Waals surface area contributed by atoms with E-state index in [2.05, 4.69) is 53.4 Å². The Bertz CT molecular complexity index is 505. The van der Waals surface area contributed by atoms with E-state index >= 15 is 0 Å². The molecule has 5 nitrogen and oxygen atoms in total. The molecule has 1 fully saturated rings. The van der Waals surface area contributed by atoms with E-state index in [4.69, 9.17) is 9.47 Å². The van der Waals surface area contributed by atoms with Gasteiger partial charge in [-0.15, -0.1) is 24.0 Å². The molecule has 1 aromatic carbocycles. The van der Waals surface area contributed by atoms with E-state index in [0.29, 0.717) is 13.2 Å². The number of hydrogen-bond acceptors (Lipinski definition) is 3. The quantitative estimate of drug-likeness (QED) is 0.302. The van der Waals surface area contributed by atoms with Gasteiger partial charge in [0.2, 0.25) is 0 Å². The number of hydrogen-bond donors (Lipinski definition) is 1. The number of halogens is 1. The SMILES string of the molecule is CN=C(NCCOCC1CCCO1)N(C)Cc1ccccc1C.I. The van der Waals surface area contributed by atoms with Gasteiger partial charge in [0, 0.05) is 33.8 Å². The third-order valence-electron chi connectivity index (χ3n) is 4.10. The van der Waals surface area contributed by atoms with E-state index < -0.39 is 0 Å². The molecule has 1 heterocycles. The van der Waals surface area contributed by atoms with Crippen molar-refractivity contribution in [3.63, 3.8) is 0 Å². The van der Waals surface area contributed by atoms with Crippen molar-refractivity contribution >= 4 is 29.9 Å². The van der Waals surface area contributed by atoms with Gasteiger partial charge in [-0.25, -0.2) is 0 Å². The number of benzene rings is 1. The van der Waals surface area contributed by atoms with Crippen LogP contribution in [0.15, 0.2) is 29.3 Å². The van der Waals surface area contributed by atoms with Gasteiger partial charge in [0.05, 0.1) is 19.3 Å². The molecule has 1 aliphatic heterocycles. The smallest absolute Gasteiger partial charge is 0.193 e. The molecular formula is C18H30IN3O2. The minimum Gasteiger partial charge on any atom is -0.377 e. The van der Waals surface area contributed by atoms with Crippen LogP contribution < -0.4 is 5.32 Å². The molecule has 136 valence electrons. The van der Waals surface area contributed by atoms with Crippen molar-refractivity contribution < 1.29 is 9.47 Å². The van der Waals surface area contributed by atoms with E-state index in [1.54, 1.807) is 0 Å². The zero-order valence-corrected chi connectivity index (χ0v) is 17.3. The molecule has 0 radical (unpaired) electrons. The lowest BCUT2D eigenvalue weighted by Crippen LogP contribution is -2.40. The van der Waals surface area contributed by atoms with Crippen molar-refractivity contribution in [2.24, 2.45) is 4.99 Å². The van der Waals surface area contributed by atoms with Crippen LogP contribution >= 0.6 is 24.0 Å². The minimum absolute atomic E-state index is 0. The number of rotatable bonds is 7. The Labute approximate surface area is 162 Å². The van der Waals surface area contributed by atoms with Crippen molar-refractivity contribution in [1.82, 2.24) is 10.2 Å². The van der Waals surface area contributed by atoms with Crippen molar-refractivity contribution in [2.75, 3.05) is 40.5 Å². The molecule has 1 atom stereocenters. The maximum atomic E-state index is 5.67. The standard InChI is InChI=1S/C18H29N3O2.HI/c1-15-7-4-5-8-16(15)13-21(3)18(19-2)20-10-12-22-14-17-9-6-11-23-17;/h4-5,7-8,17H,6,9-14H2,1-3H3,(H,19,20);1H. The number of nitrogens with one attached hydrogen (secondary N) is 1. The molecule has 1 unspecified atom stereocenters. The van der Waals surface area contributed by atoms with Crippen LogP contribution in [0.25, 0.3) is 0 Å². The summed E-state index contributed by atoms with van der Waals surface area (Å²) in [5.41, 5.74) is 2.61. The molecule has 0 aliphatic carbocycles. The Kier molecular flexibility index (Phi) is 10.3. The predicted molar refractivity (Wildman–Crippen MR) is 109 cm³/mol. The fourth-order valence-electron chi connectivity index (χ4n) is 2.73. The van der Waals surface area contributed by atoms with Crippen molar-refractivity contribution in [2.45, 2.75) is 32.4 Å². The van der Waals surface area contributed by atoms with Crippen LogP contribution in [0.5, 0.6) is 0 Å². The van der Waals surface area contributed by atoms with Crippen LogP contribution in [0.4, 0.5) is 0 Å². The van der Waals surface area contributed by atoms with Crippen LogP contribution in [-0.4, -0.2) is 57.4 Å². The summed E-state index contributed by atoms with van der Waals surface area (Å²) in [6.45, 7) is 5.96. The topological polar surface area (TPSA) is 46.1 Å². The summed E-state index contributed by atoms with van der Waals surface area (Å²) in [6.07, 6.45) is 2.56. The summed E-state index contributed by atoms with van der Waals surface area (Å²) in [5.74, 6) is 0.883. The van der Waals surface area contributed by atoms with Crippen molar-refractivity contribution in [3.8, 4) is 0 Å². The molecule has 1 N–H and O–H groups in total. The third-order valence-corrected chi connectivity index (χ3v) is 4.10. The maximum absolute atomic E-state index is 5.67. The Morgan fingerprint density at radius 2 is 2.21 bits per heavy atom. The highest BCUT2D eigenvalue weighted by Gasteiger charge is 2.15. The van der Waals surface area contributed by atoms with Gasteiger partial charge in [0.1, 0.15) is 0 Å². The van der Waals surface area contributed by atoms with Gasteiger partial charge < -0.3 is 19.7 Å². The number of guanidine groups is 1. The van der Waals surface area contributed by atoms with E-state index in [1.807, 2.05) is 7.05 Å². The average molecular weight is 447 g/mol. The average Bonchev–Trinajstić information content (AvgIpc) is 3.06. The summed E-state index contributed by atoms with van der Waals surface area (Å²) in [7, 11) is 3.86. The van der Waals surface area contributed by atoms with Crippen LogP contribution in [0.1, 0.15) is 24.0 Å². The van der Waals surface area contributed by atoms with Crippen LogP contribution in [0.2, 0.25) is 0 Å². The lowest BCUT2D eigenvalue weighted by Gasteiger charge is -2.23. The summed E-state index contributed by atoms with van der Waals surface area (Å²) in [6, 6.07) is 8.44. The van der Waals surface area contributed by atoms with E-state index in [-0.39, 0.29) is 30.1 Å². The molecule has 0 spiro atoms. The van der Waals surface area contributed by atoms with E-state index in [1.165, 1.54) is 11.1 Å².